The van der Waals surface area contributed by atoms with Crippen LogP contribution >= 0.6 is 0 Å². The van der Waals surface area contributed by atoms with Gasteiger partial charge in [0.2, 0.25) is 0 Å². The Labute approximate surface area is 117 Å². The number of hydrogen-bond donors (Lipinski definition) is 1. The van der Waals surface area contributed by atoms with Crippen LogP contribution in [-0.4, -0.2) is 24.2 Å². The number of nitrogens with one attached hydrogen (secondary N) is 1. The molecule has 0 atom stereocenters. The summed E-state index contributed by atoms with van der Waals surface area (Å²) in [5.41, 5.74) is 1.13. The third kappa shape index (κ3) is 3.60. The van der Waals surface area contributed by atoms with Crippen molar-refractivity contribution < 1.29 is 14.1 Å². The highest BCUT2D eigenvalue weighted by molar-refractivity contribution is 5.96. The Morgan fingerprint density at radius 3 is 2.70 bits per heavy atom. The van der Waals surface area contributed by atoms with Gasteiger partial charge in [-0.3, -0.25) is 4.79 Å². The van der Waals surface area contributed by atoms with E-state index in [2.05, 4.69) is 10.5 Å². The van der Waals surface area contributed by atoms with Crippen LogP contribution in [0.5, 0.6) is 5.75 Å². The molecule has 0 radical (unpaired) electrons. The van der Waals surface area contributed by atoms with Gasteiger partial charge in [0.05, 0.1) is 12.3 Å². The van der Waals surface area contributed by atoms with Crippen LogP contribution in [0.2, 0.25) is 0 Å². The van der Waals surface area contributed by atoms with Gasteiger partial charge in [0.15, 0.2) is 0 Å². The van der Waals surface area contributed by atoms with Crippen molar-refractivity contribution in [3.05, 3.63) is 47.3 Å². The molecule has 1 heterocycles. The van der Waals surface area contributed by atoms with E-state index < -0.39 is 0 Å². The number of rotatable bonds is 6. The molecule has 0 fully saturated rings. The zero-order valence-electron chi connectivity index (χ0n) is 11.7. The number of aromatic nitrogens is 1. The quantitative estimate of drug-likeness (QED) is 0.822. The normalized spacial score (nSPS) is 10.3. The molecule has 0 aliphatic rings. The molecule has 106 valence electrons. The third-order valence-electron chi connectivity index (χ3n) is 2.88. The van der Waals surface area contributed by atoms with Gasteiger partial charge in [-0.15, -0.1) is 0 Å². The van der Waals surface area contributed by atoms with E-state index in [0.717, 1.165) is 12.2 Å². The maximum Gasteiger partial charge on any atom is 0.256 e. The molecule has 5 heteroatoms. The number of para-hydroxylation sites is 1. The third-order valence-corrected chi connectivity index (χ3v) is 2.88. The van der Waals surface area contributed by atoms with Gasteiger partial charge in [-0.2, -0.15) is 0 Å². The monoisotopic (exact) mass is 274 g/mol. The Balaban J connectivity index is 1.70. The predicted molar refractivity (Wildman–Crippen MR) is 74.9 cm³/mol. The highest BCUT2D eigenvalue weighted by Crippen LogP contribution is 2.11. The smallest absolute Gasteiger partial charge is 0.256 e. The zero-order chi connectivity index (χ0) is 14.4. The molecule has 0 unspecified atom stereocenters. The molecule has 0 spiro atoms. The van der Waals surface area contributed by atoms with Gasteiger partial charge >= 0.3 is 0 Å². The Hall–Kier alpha value is -2.30. The van der Waals surface area contributed by atoms with Crippen molar-refractivity contribution in [1.29, 1.82) is 0 Å². The lowest BCUT2D eigenvalue weighted by Crippen LogP contribution is -2.26. The van der Waals surface area contributed by atoms with Crippen molar-refractivity contribution >= 4 is 5.91 Å². The molecule has 2 aromatic rings. The molecule has 1 N–H and O–H groups in total. The van der Waals surface area contributed by atoms with Crippen molar-refractivity contribution in [1.82, 2.24) is 10.5 Å². The summed E-state index contributed by atoms with van der Waals surface area (Å²) >= 11 is 0. The predicted octanol–water partition coefficient (Wildman–Crippen LogP) is 2.49. The summed E-state index contributed by atoms with van der Waals surface area (Å²) in [7, 11) is 0. The van der Waals surface area contributed by atoms with Gasteiger partial charge < -0.3 is 14.6 Å². The van der Waals surface area contributed by atoms with Crippen LogP contribution in [-0.2, 0) is 0 Å². The number of aryl methyl sites for hydroxylation is 2. The van der Waals surface area contributed by atoms with E-state index in [-0.39, 0.29) is 5.91 Å². The summed E-state index contributed by atoms with van der Waals surface area (Å²) in [5.74, 6) is 1.23. The van der Waals surface area contributed by atoms with E-state index in [9.17, 15) is 4.79 Å². The second-order valence-corrected chi connectivity index (χ2v) is 4.47. The lowest BCUT2D eigenvalue weighted by Gasteiger charge is -2.07. The fourth-order valence-corrected chi connectivity index (χ4v) is 1.88. The maximum atomic E-state index is 11.9. The Kier molecular flexibility index (Phi) is 4.76. The molecule has 0 saturated heterocycles. The summed E-state index contributed by atoms with van der Waals surface area (Å²) in [6.45, 7) is 4.60. The minimum atomic E-state index is -0.152. The van der Waals surface area contributed by atoms with Crippen LogP contribution in [0.3, 0.4) is 0 Å². The fourth-order valence-electron chi connectivity index (χ4n) is 1.88. The van der Waals surface area contributed by atoms with Crippen LogP contribution in [0.25, 0.3) is 0 Å². The number of benzene rings is 1. The maximum absolute atomic E-state index is 11.9. The van der Waals surface area contributed by atoms with Crippen LogP contribution in [0.1, 0.15) is 28.2 Å². The molecule has 20 heavy (non-hydrogen) atoms. The average Bonchev–Trinajstić information content (AvgIpc) is 2.79. The van der Waals surface area contributed by atoms with E-state index in [1.165, 1.54) is 0 Å². The minimum absolute atomic E-state index is 0.152. The van der Waals surface area contributed by atoms with Gasteiger partial charge in [0, 0.05) is 6.54 Å². The highest BCUT2D eigenvalue weighted by Gasteiger charge is 2.16. The van der Waals surface area contributed by atoms with Gasteiger partial charge in [-0.25, -0.2) is 0 Å². The largest absolute Gasteiger partial charge is 0.494 e. The molecule has 2 rings (SSSR count). The standard InChI is InChI=1S/C15H18N2O3/c1-11-14(12(2)20-17-11)15(18)16-9-6-10-19-13-7-4-3-5-8-13/h3-5,7-8H,6,9-10H2,1-2H3,(H,16,18). The summed E-state index contributed by atoms with van der Waals surface area (Å²) in [4.78, 5) is 11.9. The summed E-state index contributed by atoms with van der Waals surface area (Å²) in [6, 6.07) is 9.60. The Morgan fingerprint density at radius 1 is 1.30 bits per heavy atom. The Bertz CT molecular complexity index is 544. The van der Waals surface area contributed by atoms with E-state index >= 15 is 0 Å². The topological polar surface area (TPSA) is 64.4 Å². The highest BCUT2D eigenvalue weighted by atomic mass is 16.5. The van der Waals surface area contributed by atoms with Crippen LogP contribution in [0.15, 0.2) is 34.9 Å². The zero-order valence-corrected chi connectivity index (χ0v) is 11.7. The number of amides is 1. The Morgan fingerprint density at radius 2 is 2.05 bits per heavy atom. The van der Waals surface area contributed by atoms with E-state index in [0.29, 0.717) is 30.2 Å². The molecule has 0 aliphatic carbocycles. The molecule has 1 aromatic carbocycles. The van der Waals surface area contributed by atoms with Crippen molar-refractivity contribution in [2.24, 2.45) is 0 Å². The number of nitrogens with zero attached hydrogens (tertiary/aromatic N) is 1. The number of ether oxygens (including phenoxy) is 1. The second kappa shape index (κ2) is 6.75. The number of carbonyl (C=O) groups excluding carboxylic acids is 1. The summed E-state index contributed by atoms with van der Waals surface area (Å²) in [6.07, 6.45) is 0.740. The fraction of sp³-hybridized carbons (Fsp3) is 0.333. The first-order valence-corrected chi connectivity index (χ1v) is 6.57. The first-order chi connectivity index (χ1) is 9.68. The molecule has 0 saturated carbocycles. The number of hydrogen-bond acceptors (Lipinski definition) is 4. The lowest BCUT2D eigenvalue weighted by molar-refractivity contribution is 0.0949. The first-order valence-electron chi connectivity index (χ1n) is 6.57. The molecule has 0 aliphatic heterocycles. The van der Waals surface area contributed by atoms with Gasteiger partial charge in [-0.05, 0) is 32.4 Å². The van der Waals surface area contributed by atoms with Gasteiger partial charge in [0.25, 0.3) is 5.91 Å². The van der Waals surface area contributed by atoms with Gasteiger partial charge in [-0.1, -0.05) is 23.4 Å². The van der Waals surface area contributed by atoms with E-state index in [1.54, 1.807) is 13.8 Å². The summed E-state index contributed by atoms with van der Waals surface area (Å²) in [5, 5.41) is 6.59. The van der Waals surface area contributed by atoms with Crippen molar-refractivity contribution in [2.45, 2.75) is 20.3 Å². The molecule has 1 aromatic heterocycles. The van der Waals surface area contributed by atoms with Crippen molar-refractivity contribution in [3.63, 3.8) is 0 Å². The molecular formula is C15H18N2O3. The molecule has 1 amide bonds. The SMILES string of the molecule is Cc1noc(C)c1C(=O)NCCCOc1ccccc1. The van der Waals surface area contributed by atoms with Crippen molar-refractivity contribution in [2.75, 3.05) is 13.2 Å². The molecule has 0 bridgehead atoms. The molecular weight excluding hydrogens is 256 g/mol. The number of carbonyl (C=O) groups is 1. The average molecular weight is 274 g/mol. The van der Waals surface area contributed by atoms with E-state index in [4.69, 9.17) is 9.26 Å². The van der Waals surface area contributed by atoms with Crippen molar-refractivity contribution in [3.8, 4) is 5.75 Å². The first kappa shape index (κ1) is 14.1. The van der Waals surface area contributed by atoms with Crippen LogP contribution < -0.4 is 10.1 Å². The van der Waals surface area contributed by atoms with Crippen LogP contribution in [0.4, 0.5) is 0 Å². The van der Waals surface area contributed by atoms with E-state index in [1.807, 2.05) is 30.3 Å². The lowest BCUT2D eigenvalue weighted by atomic mass is 10.2. The van der Waals surface area contributed by atoms with Crippen LogP contribution in [0, 0.1) is 13.8 Å². The van der Waals surface area contributed by atoms with Gasteiger partial charge in [0.1, 0.15) is 17.1 Å². The second-order valence-electron chi connectivity index (χ2n) is 4.47. The summed E-state index contributed by atoms with van der Waals surface area (Å²) < 4.78 is 10.5. The minimum Gasteiger partial charge on any atom is -0.494 e. The molecule has 5 nitrogen and oxygen atoms in total.